The fourth-order valence-electron chi connectivity index (χ4n) is 2.12. The Morgan fingerprint density at radius 1 is 1.35 bits per heavy atom. The van der Waals surface area contributed by atoms with Gasteiger partial charge in [-0.05, 0) is 49.2 Å². The van der Waals surface area contributed by atoms with Crippen LogP contribution in [-0.2, 0) is 0 Å². The van der Waals surface area contributed by atoms with E-state index in [2.05, 4.69) is 30.4 Å². The number of hydrogen-bond acceptors (Lipinski definition) is 3. The molecule has 4 heteroatoms. The number of thiophene rings is 1. The second-order valence-electron chi connectivity index (χ2n) is 4.77. The molecule has 1 heterocycles. The smallest absolute Gasteiger partial charge is 0.119 e. The predicted octanol–water partition coefficient (Wildman–Crippen LogP) is 4.81. The van der Waals surface area contributed by atoms with Crippen molar-refractivity contribution < 1.29 is 4.74 Å². The minimum absolute atomic E-state index is 0.168. The van der Waals surface area contributed by atoms with Crippen LogP contribution < -0.4 is 10.1 Å². The summed E-state index contributed by atoms with van der Waals surface area (Å²) in [5.74, 6) is 0.880. The molecular formula is C16H20ClNOS. The van der Waals surface area contributed by atoms with E-state index in [9.17, 15) is 0 Å². The molecule has 2 nitrogen and oxygen atoms in total. The highest BCUT2D eigenvalue weighted by atomic mass is 35.5. The summed E-state index contributed by atoms with van der Waals surface area (Å²) in [7, 11) is 1.69. The molecule has 0 amide bonds. The van der Waals surface area contributed by atoms with Crippen molar-refractivity contribution in [3.8, 4) is 5.75 Å². The van der Waals surface area contributed by atoms with Crippen LogP contribution in [0.4, 0.5) is 0 Å². The van der Waals surface area contributed by atoms with E-state index in [-0.39, 0.29) is 6.04 Å². The van der Waals surface area contributed by atoms with Crippen LogP contribution in [0.2, 0.25) is 4.34 Å². The lowest BCUT2D eigenvalue weighted by Gasteiger charge is -2.18. The molecule has 0 aliphatic heterocycles. The van der Waals surface area contributed by atoms with Gasteiger partial charge in [-0.1, -0.05) is 30.7 Å². The Morgan fingerprint density at radius 2 is 2.15 bits per heavy atom. The molecule has 1 N–H and O–H groups in total. The van der Waals surface area contributed by atoms with Crippen LogP contribution >= 0.6 is 22.9 Å². The molecule has 108 valence electrons. The lowest BCUT2D eigenvalue weighted by Crippen LogP contribution is -2.22. The molecule has 0 saturated heterocycles. The fraction of sp³-hybridized carbons (Fsp3) is 0.375. The van der Waals surface area contributed by atoms with Gasteiger partial charge < -0.3 is 10.1 Å². The lowest BCUT2D eigenvalue weighted by molar-refractivity contribution is 0.413. The summed E-state index contributed by atoms with van der Waals surface area (Å²) in [6.45, 7) is 5.18. The summed E-state index contributed by atoms with van der Waals surface area (Å²) in [6, 6.07) is 10.5. The zero-order valence-corrected chi connectivity index (χ0v) is 13.6. The van der Waals surface area contributed by atoms with Crippen LogP contribution in [0, 0.1) is 6.92 Å². The Hall–Kier alpha value is -1.03. The SMILES string of the molecule is CCCNC(c1cccc(OC)c1)c1cc(C)c(Cl)s1. The van der Waals surface area contributed by atoms with Gasteiger partial charge in [-0.15, -0.1) is 11.3 Å². The van der Waals surface area contributed by atoms with Crippen molar-refractivity contribution in [2.24, 2.45) is 0 Å². The molecule has 1 unspecified atom stereocenters. The molecule has 0 spiro atoms. The molecule has 2 aromatic rings. The molecule has 0 saturated carbocycles. The fourth-order valence-corrected chi connectivity index (χ4v) is 3.44. The maximum absolute atomic E-state index is 6.22. The summed E-state index contributed by atoms with van der Waals surface area (Å²) in [4.78, 5) is 1.24. The number of ether oxygens (including phenoxy) is 1. The molecule has 0 aliphatic rings. The maximum atomic E-state index is 6.22. The van der Waals surface area contributed by atoms with Crippen molar-refractivity contribution >= 4 is 22.9 Å². The molecule has 1 aromatic carbocycles. The van der Waals surface area contributed by atoms with Crippen molar-refractivity contribution in [2.75, 3.05) is 13.7 Å². The largest absolute Gasteiger partial charge is 0.497 e. The van der Waals surface area contributed by atoms with Crippen molar-refractivity contribution in [1.29, 1.82) is 0 Å². The van der Waals surface area contributed by atoms with Gasteiger partial charge in [0.15, 0.2) is 0 Å². The van der Waals surface area contributed by atoms with Gasteiger partial charge in [0.1, 0.15) is 5.75 Å². The van der Waals surface area contributed by atoms with E-state index in [1.165, 1.54) is 10.4 Å². The summed E-state index contributed by atoms with van der Waals surface area (Å²) in [5.41, 5.74) is 2.34. The number of hydrogen-bond donors (Lipinski definition) is 1. The van der Waals surface area contributed by atoms with Crippen LogP contribution in [0.15, 0.2) is 30.3 Å². The average Bonchev–Trinajstić information content (AvgIpc) is 2.79. The van der Waals surface area contributed by atoms with Crippen molar-refractivity contribution in [1.82, 2.24) is 5.32 Å². The molecule has 0 bridgehead atoms. The van der Waals surface area contributed by atoms with E-state index in [0.29, 0.717) is 0 Å². The first-order valence-corrected chi connectivity index (χ1v) is 7.98. The van der Waals surface area contributed by atoms with Crippen LogP contribution in [-0.4, -0.2) is 13.7 Å². The van der Waals surface area contributed by atoms with E-state index in [4.69, 9.17) is 16.3 Å². The van der Waals surface area contributed by atoms with Gasteiger partial charge in [0, 0.05) is 4.88 Å². The Kier molecular flexibility index (Phi) is 5.46. The van der Waals surface area contributed by atoms with Gasteiger partial charge in [0.25, 0.3) is 0 Å². The monoisotopic (exact) mass is 309 g/mol. The van der Waals surface area contributed by atoms with Crippen molar-refractivity contribution in [3.63, 3.8) is 0 Å². The molecule has 2 rings (SSSR count). The average molecular weight is 310 g/mol. The van der Waals surface area contributed by atoms with Gasteiger partial charge >= 0.3 is 0 Å². The van der Waals surface area contributed by atoms with E-state index < -0.39 is 0 Å². The summed E-state index contributed by atoms with van der Waals surface area (Å²) in [5, 5.41) is 3.59. The third-order valence-corrected chi connectivity index (χ3v) is 4.81. The molecule has 1 aromatic heterocycles. The highest BCUT2D eigenvalue weighted by Gasteiger charge is 2.17. The summed E-state index contributed by atoms with van der Waals surface area (Å²) >= 11 is 7.86. The van der Waals surface area contributed by atoms with Crippen LogP contribution in [0.1, 0.15) is 35.4 Å². The first-order chi connectivity index (χ1) is 9.65. The zero-order chi connectivity index (χ0) is 14.5. The number of rotatable bonds is 6. The van der Waals surface area contributed by atoms with Crippen LogP contribution in [0.25, 0.3) is 0 Å². The topological polar surface area (TPSA) is 21.3 Å². The molecule has 20 heavy (non-hydrogen) atoms. The maximum Gasteiger partial charge on any atom is 0.119 e. The van der Waals surface area contributed by atoms with Gasteiger partial charge in [-0.25, -0.2) is 0 Å². The van der Waals surface area contributed by atoms with E-state index in [1.807, 2.05) is 19.1 Å². The summed E-state index contributed by atoms with van der Waals surface area (Å²) in [6.07, 6.45) is 1.10. The standard InChI is InChI=1S/C16H20ClNOS/c1-4-8-18-15(14-9-11(2)16(17)20-14)12-6-5-7-13(10-12)19-3/h5-7,9-10,15,18H,4,8H2,1-3H3. The molecule has 1 atom stereocenters. The van der Waals surface area contributed by atoms with Gasteiger partial charge in [-0.2, -0.15) is 0 Å². The highest BCUT2D eigenvalue weighted by molar-refractivity contribution is 7.16. The van der Waals surface area contributed by atoms with Crippen molar-refractivity contribution in [2.45, 2.75) is 26.3 Å². The normalized spacial score (nSPS) is 12.4. The van der Waals surface area contributed by atoms with E-state index >= 15 is 0 Å². The molecule has 0 radical (unpaired) electrons. The van der Waals surface area contributed by atoms with E-state index in [0.717, 1.165) is 28.6 Å². The van der Waals surface area contributed by atoms with E-state index in [1.54, 1.807) is 18.4 Å². The second-order valence-corrected chi connectivity index (χ2v) is 6.46. The van der Waals surface area contributed by atoms with Crippen LogP contribution in [0.3, 0.4) is 0 Å². The predicted molar refractivity (Wildman–Crippen MR) is 87.2 cm³/mol. The second kappa shape index (κ2) is 7.11. The summed E-state index contributed by atoms with van der Waals surface area (Å²) < 4.78 is 6.19. The zero-order valence-electron chi connectivity index (χ0n) is 12.1. The first-order valence-electron chi connectivity index (χ1n) is 6.79. The number of benzene rings is 1. The number of methoxy groups -OCH3 is 1. The van der Waals surface area contributed by atoms with Crippen molar-refractivity contribution in [3.05, 3.63) is 50.7 Å². The number of nitrogens with one attached hydrogen (secondary N) is 1. The Morgan fingerprint density at radius 3 is 2.75 bits per heavy atom. The third kappa shape index (κ3) is 3.54. The molecule has 0 fully saturated rings. The Bertz CT molecular complexity index is 548. The molecular weight excluding hydrogens is 290 g/mol. The highest BCUT2D eigenvalue weighted by Crippen LogP contribution is 2.34. The lowest BCUT2D eigenvalue weighted by atomic mass is 10.0. The van der Waals surface area contributed by atoms with Gasteiger partial charge in [0.05, 0.1) is 17.5 Å². The number of halogens is 1. The Balaban J connectivity index is 2.35. The first kappa shape index (κ1) is 15.4. The Labute approximate surface area is 129 Å². The van der Waals surface area contributed by atoms with Gasteiger partial charge in [-0.3, -0.25) is 0 Å². The minimum Gasteiger partial charge on any atom is -0.497 e. The quantitative estimate of drug-likeness (QED) is 0.827. The van der Waals surface area contributed by atoms with Gasteiger partial charge in [0.2, 0.25) is 0 Å². The van der Waals surface area contributed by atoms with Crippen LogP contribution in [0.5, 0.6) is 5.75 Å². The number of aryl methyl sites for hydroxylation is 1. The minimum atomic E-state index is 0.168. The third-order valence-electron chi connectivity index (χ3n) is 3.19. The molecule has 0 aliphatic carbocycles.